The summed E-state index contributed by atoms with van der Waals surface area (Å²) in [6.07, 6.45) is 18.4. The number of piperidine rings is 2. The van der Waals surface area contributed by atoms with E-state index in [1.807, 2.05) is 56.6 Å². The van der Waals surface area contributed by atoms with Crippen molar-refractivity contribution in [1.29, 1.82) is 0 Å². The Morgan fingerprint density at radius 2 is 1.38 bits per heavy atom. The Hall–Kier alpha value is -6.07. The Morgan fingerprint density at radius 1 is 0.741 bits per heavy atom. The van der Waals surface area contributed by atoms with Crippen LogP contribution in [0.1, 0.15) is 37.1 Å². The van der Waals surface area contributed by atoms with Gasteiger partial charge in [-0.25, -0.2) is 24.7 Å². The van der Waals surface area contributed by atoms with Crippen molar-refractivity contribution in [2.24, 2.45) is 0 Å². The molecule has 2 atom stereocenters. The van der Waals surface area contributed by atoms with Crippen LogP contribution < -0.4 is 31.1 Å². The molecular formula is C41H48N14OS2. The first-order valence-corrected chi connectivity index (χ1v) is 18.9. The van der Waals surface area contributed by atoms with E-state index in [0.717, 1.165) is 84.6 Å². The van der Waals surface area contributed by atoms with Gasteiger partial charge < -0.3 is 26.2 Å². The first-order chi connectivity index (χ1) is 27.4. The highest BCUT2D eigenvalue weighted by Gasteiger charge is 2.39. The van der Waals surface area contributed by atoms with E-state index in [0.29, 0.717) is 29.1 Å². The van der Waals surface area contributed by atoms with E-state index in [1.54, 1.807) is 60.3 Å². The van der Waals surface area contributed by atoms with Crippen molar-refractivity contribution < 1.29 is 4.79 Å². The number of aryl methyl sites for hydroxylation is 2. The van der Waals surface area contributed by atoms with Crippen molar-refractivity contribution in [3.05, 3.63) is 109 Å². The second-order valence-electron chi connectivity index (χ2n) is 14.2. The average molecular weight is 817 g/mol. The zero-order chi connectivity index (χ0) is 38.4. The van der Waals surface area contributed by atoms with Crippen molar-refractivity contribution in [3.63, 3.8) is 0 Å². The van der Waals surface area contributed by atoms with Crippen molar-refractivity contribution in [3.8, 4) is 22.8 Å². The fraction of sp³-hybridized carbons (Fsp3) is 0.293. The molecule has 17 heteroatoms. The molecule has 2 amide bonds. The number of fused-ring (bicyclic) bond motifs is 8. The van der Waals surface area contributed by atoms with Gasteiger partial charge in [0, 0.05) is 85.7 Å². The number of amides is 2. The Balaban J connectivity index is 0.000000169. The third kappa shape index (κ3) is 9.54. The molecule has 2 saturated heterocycles. The lowest BCUT2D eigenvalue weighted by molar-refractivity contribution is 0.252. The lowest BCUT2D eigenvalue weighted by Gasteiger charge is -2.45. The maximum atomic E-state index is 13.2. The number of urea groups is 1. The third-order valence-electron chi connectivity index (χ3n) is 10.1. The van der Waals surface area contributed by atoms with E-state index < -0.39 is 0 Å². The Bertz CT molecular complexity index is 2300. The van der Waals surface area contributed by atoms with Crippen LogP contribution in [0.2, 0.25) is 0 Å². The molecular weight excluding hydrogens is 769 g/mol. The van der Waals surface area contributed by atoms with Gasteiger partial charge in [0.1, 0.15) is 0 Å². The largest absolute Gasteiger partial charge is 0.397 e. The van der Waals surface area contributed by atoms with Gasteiger partial charge >= 0.3 is 6.03 Å². The number of hydrogen-bond donors (Lipinski definition) is 3. The topological polar surface area (TPSA) is 180 Å². The number of hydrogen-bond acceptors (Lipinski definition) is 13. The van der Waals surface area contributed by atoms with Gasteiger partial charge in [-0.15, -0.1) is 0 Å². The van der Waals surface area contributed by atoms with Gasteiger partial charge in [0.2, 0.25) is 0 Å². The van der Waals surface area contributed by atoms with E-state index >= 15 is 0 Å². The molecule has 4 aliphatic heterocycles. The molecule has 0 saturated carbocycles. The molecule has 10 heterocycles. The van der Waals surface area contributed by atoms with E-state index in [2.05, 4.69) is 50.3 Å². The standard InChI is InChI=1S/C21H21N7O.C15H17N5.C5H6N2.2H2S/c1-14-10-15(6-8-23-14)19-24-12-18-20(26-19)28(17-5-3-9-27(18)13-17)21(29)25-16-4-2-7-22-11-16;1-10-7-11(4-5-16-10)14-17-8-13-15(19-14)18-12-3-2-6-20(13)9-12;6-5-2-1-3-7-4-5;;/h2,4,6-8,10-12,17H,3,5,9,13H2,1H3,(H,25,29);4-5,7-8,12H,2-3,6,9H2,1H3,(H,17,18,19);1-4H,6H2;2*1H2/t17-;12-;;;/m00.../s1. The van der Waals surface area contributed by atoms with Gasteiger partial charge in [-0.3, -0.25) is 24.8 Å². The Kier molecular flexibility index (Phi) is 13.6. The zero-order valence-corrected chi connectivity index (χ0v) is 34.5. The van der Waals surface area contributed by atoms with Crippen LogP contribution in [0.25, 0.3) is 22.8 Å². The summed E-state index contributed by atoms with van der Waals surface area (Å²) in [5.41, 5.74) is 12.5. The highest BCUT2D eigenvalue weighted by atomic mass is 32.1. The summed E-state index contributed by atoms with van der Waals surface area (Å²) in [6.45, 7) is 7.86. The molecule has 6 aromatic heterocycles. The molecule has 15 nitrogen and oxygen atoms in total. The Labute approximate surface area is 351 Å². The normalized spacial score (nSPS) is 16.8. The first-order valence-electron chi connectivity index (χ1n) is 18.9. The number of pyridine rings is 4. The van der Waals surface area contributed by atoms with Crippen LogP contribution in [-0.4, -0.2) is 84.2 Å². The highest BCUT2D eigenvalue weighted by molar-refractivity contribution is 7.59. The van der Waals surface area contributed by atoms with E-state index in [4.69, 9.17) is 15.7 Å². The predicted molar refractivity (Wildman–Crippen MR) is 239 cm³/mol. The number of nitrogens with zero attached hydrogens (tertiary/aromatic N) is 11. The smallest absolute Gasteiger partial charge is 0.327 e. The number of carbonyl (C=O) groups excluding carboxylic acids is 1. The predicted octanol–water partition coefficient (Wildman–Crippen LogP) is 6.39. The molecule has 58 heavy (non-hydrogen) atoms. The van der Waals surface area contributed by atoms with Gasteiger partial charge in [0.05, 0.1) is 47.4 Å². The lowest BCUT2D eigenvalue weighted by Crippen LogP contribution is -2.56. The monoisotopic (exact) mass is 816 g/mol. The average Bonchev–Trinajstić information content (AvgIpc) is 3.22. The molecule has 4 N–H and O–H groups in total. The van der Waals surface area contributed by atoms with E-state index in [1.165, 1.54) is 12.8 Å². The zero-order valence-electron chi connectivity index (χ0n) is 32.5. The summed E-state index contributed by atoms with van der Waals surface area (Å²) in [5.74, 6) is 2.99. The minimum absolute atomic E-state index is 0. The van der Waals surface area contributed by atoms with Gasteiger partial charge in [-0.05, 0) is 88.1 Å². The molecule has 0 spiro atoms. The van der Waals surface area contributed by atoms with Crippen molar-refractivity contribution in [1.82, 2.24) is 39.9 Å². The molecule has 0 aliphatic carbocycles. The van der Waals surface area contributed by atoms with Crippen LogP contribution in [-0.2, 0) is 0 Å². The summed E-state index contributed by atoms with van der Waals surface area (Å²) in [4.78, 5) is 54.6. The molecule has 4 aliphatic rings. The van der Waals surface area contributed by atoms with Crippen LogP contribution in [0.4, 0.5) is 39.2 Å². The number of nitrogens with two attached hydrogens (primary N) is 1. The van der Waals surface area contributed by atoms with E-state index in [-0.39, 0.29) is 39.1 Å². The number of nitrogen functional groups attached to an aromatic ring is 1. The van der Waals surface area contributed by atoms with Crippen molar-refractivity contribution in [2.75, 3.05) is 57.2 Å². The van der Waals surface area contributed by atoms with Gasteiger partial charge in [0.15, 0.2) is 23.3 Å². The molecule has 6 aromatic rings. The molecule has 0 unspecified atom stereocenters. The molecule has 2 fully saturated rings. The molecule has 0 aromatic carbocycles. The number of carbonyl (C=O) groups is 1. The lowest BCUT2D eigenvalue weighted by atomic mass is 10.0. The van der Waals surface area contributed by atoms with Crippen molar-refractivity contribution >= 4 is 67.4 Å². The second-order valence-corrected chi connectivity index (χ2v) is 14.2. The quantitative estimate of drug-likeness (QED) is 0.179. The van der Waals surface area contributed by atoms with Gasteiger partial charge in [-0.1, -0.05) is 0 Å². The number of anilines is 6. The van der Waals surface area contributed by atoms with E-state index in [9.17, 15) is 4.79 Å². The minimum atomic E-state index is -0.193. The summed E-state index contributed by atoms with van der Waals surface area (Å²) < 4.78 is 0. The van der Waals surface area contributed by atoms with Crippen LogP contribution in [0.3, 0.4) is 0 Å². The van der Waals surface area contributed by atoms with Crippen LogP contribution in [0.5, 0.6) is 0 Å². The van der Waals surface area contributed by atoms with Crippen LogP contribution in [0, 0.1) is 13.8 Å². The van der Waals surface area contributed by atoms with Crippen LogP contribution in [0.15, 0.2) is 98.1 Å². The molecule has 0 radical (unpaired) electrons. The van der Waals surface area contributed by atoms with Gasteiger partial charge in [0.25, 0.3) is 0 Å². The first kappa shape index (κ1) is 41.6. The summed E-state index contributed by atoms with van der Waals surface area (Å²) in [6, 6.07) is 15.5. The molecule has 4 bridgehead atoms. The van der Waals surface area contributed by atoms with Gasteiger partial charge in [-0.2, -0.15) is 27.0 Å². The summed E-state index contributed by atoms with van der Waals surface area (Å²) in [5, 5.41) is 6.50. The molecule has 300 valence electrons. The molecule has 10 rings (SSSR count). The summed E-state index contributed by atoms with van der Waals surface area (Å²) >= 11 is 0. The number of nitrogens with one attached hydrogen (secondary N) is 2. The fourth-order valence-corrected chi connectivity index (χ4v) is 7.45. The highest BCUT2D eigenvalue weighted by Crippen LogP contribution is 2.39. The Morgan fingerprint density at radius 3 is 2.00 bits per heavy atom. The third-order valence-corrected chi connectivity index (χ3v) is 10.1. The number of aromatic nitrogens is 8. The maximum absolute atomic E-state index is 13.2. The van der Waals surface area contributed by atoms with Crippen molar-refractivity contribution in [2.45, 2.75) is 51.6 Å². The van der Waals surface area contributed by atoms with Crippen LogP contribution >= 0.6 is 27.0 Å². The summed E-state index contributed by atoms with van der Waals surface area (Å²) in [7, 11) is 0. The maximum Gasteiger partial charge on any atom is 0.327 e. The number of rotatable bonds is 3. The SMILES string of the molecule is Cc1cc(-c2ncc3c(n2)N(C(=O)Nc2cccnc2)[C@H]2CCCN3C2)ccn1.Cc1cc(-c2ncc3c(n2)N[C@H]2CCCN3C2)ccn1.Nc1cccnc1.S.S. The minimum Gasteiger partial charge on any atom is -0.397 e. The second kappa shape index (κ2) is 18.9. The fourth-order valence-electron chi connectivity index (χ4n) is 7.45.